The molecule has 2 aromatic heterocycles. The molecule has 3 heterocycles. The molecule has 34 heavy (non-hydrogen) atoms. The lowest BCUT2D eigenvalue weighted by molar-refractivity contribution is 0.0531. The fourth-order valence-electron chi connectivity index (χ4n) is 4.15. The Morgan fingerprint density at radius 3 is 2.06 bits per heavy atom. The number of carbonyl (C=O) groups is 2. The van der Waals surface area contributed by atoms with E-state index in [0.29, 0.717) is 42.9 Å². The summed E-state index contributed by atoms with van der Waals surface area (Å²) in [5.41, 5.74) is 1.87. The molecule has 1 fully saturated rings. The fraction of sp³-hybridized carbons (Fsp3) is 0.192. The van der Waals surface area contributed by atoms with Crippen LogP contribution in [0.2, 0.25) is 0 Å². The first-order chi connectivity index (χ1) is 16.6. The Bertz CT molecular complexity index is 1390. The predicted molar refractivity (Wildman–Crippen MR) is 128 cm³/mol. The van der Waals surface area contributed by atoms with Gasteiger partial charge in [-0.25, -0.2) is 9.97 Å². The van der Waals surface area contributed by atoms with E-state index in [9.17, 15) is 14.4 Å². The van der Waals surface area contributed by atoms with Crippen molar-refractivity contribution in [1.29, 1.82) is 0 Å². The van der Waals surface area contributed by atoms with Gasteiger partial charge >= 0.3 is 0 Å². The lowest BCUT2D eigenvalue weighted by atomic mass is 10.2. The van der Waals surface area contributed by atoms with Crippen LogP contribution in [0.3, 0.4) is 0 Å². The van der Waals surface area contributed by atoms with Crippen molar-refractivity contribution in [2.24, 2.45) is 0 Å². The summed E-state index contributed by atoms with van der Waals surface area (Å²) in [5, 5.41) is 0. The van der Waals surface area contributed by atoms with E-state index in [-0.39, 0.29) is 18.1 Å². The molecular weight excluding hydrogens is 430 g/mol. The number of hydrogen-bond acceptors (Lipinski definition) is 5. The number of piperazine rings is 1. The third-order valence-electron chi connectivity index (χ3n) is 5.96. The SMILES string of the molecule is O=C(c1ccccc1)N1CCN(C(=O)c2nc3cccnc3n(Cc3ccccc3)c2=O)CC1. The second-order valence-electron chi connectivity index (χ2n) is 8.13. The van der Waals surface area contributed by atoms with E-state index >= 15 is 0 Å². The van der Waals surface area contributed by atoms with Gasteiger partial charge in [-0.2, -0.15) is 0 Å². The van der Waals surface area contributed by atoms with Crippen LogP contribution in [0.1, 0.15) is 26.4 Å². The second-order valence-corrected chi connectivity index (χ2v) is 8.13. The minimum Gasteiger partial charge on any atom is -0.335 e. The third kappa shape index (κ3) is 4.17. The normalized spacial score (nSPS) is 13.8. The maximum atomic E-state index is 13.4. The summed E-state index contributed by atoms with van der Waals surface area (Å²) in [6.07, 6.45) is 1.61. The van der Waals surface area contributed by atoms with Gasteiger partial charge in [0.25, 0.3) is 17.4 Å². The van der Waals surface area contributed by atoms with Crippen LogP contribution in [-0.2, 0) is 6.54 Å². The molecule has 1 saturated heterocycles. The van der Waals surface area contributed by atoms with Crippen molar-refractivity contribution < 1.29 is 9.59 Å². The predicted octanol–water partition coefficient (Wildman–Crippen LogP) is 2.44. The van der Waals surface area contributed by atoms with Gasteiger partial charge in [0.2, 0.25) is 0 Å². The van der Waals surface area contributed by atoms with E-state index in [2.05, 4.69) is 9.97 Å². The molecule has 0 spiro atoms. The van der Waals surface area contributed by atoms with Gasteiger partial charge in [0.1, 0.15) is 5.52 Å². The van der Waals surface area contributed by atoms with E-state index in [4.69, 9.17) is 0 Å². The quantitative estimate of drug-likeness (QED) is 0.474. The maximum Gasteiger partial charge on any atom is 0.284 e. The minimum absolute atomic E-state index is 0.0622. The summed E-state index contributed by atoms with van der Waals surface area (Å²) < 4.78 is 1.50. The monoisotopic (exact) mass is 453 g/mol. The number of pyridine rings is 1. The van der Waals surface area contributed by atoms with Gasteiger partial charge in [-0.1, -0.05) is 48.5 Å². The molecule has 1 aliphatic heterocycles. The third-order valence-corrected chi connectivity index (χ3v) is 5.96. The lowest BCUT2D eigenvalue weighted by Crippen LogP contribution is -2.51. The van der Waals surface area contributed by atoms with Crippen molar-refractivity contribution in [3.8, 4) is 0 Å². The van der Waals surface area contributed by atoms with Gasteiger partial charge in [0.05, 0.1) is 6.54 Å². The van der Waals surface area contributed by atoms with Crippen molar-refractivity contribution in [3.05, 3.63) is 106 Å². The first-order valence-electron chi connectivity index (χ1n) is 11.1. The van der Waals surface area contributed by atoms with Crippen LogP contribution in [0.5, 0.6) is 0 Å². The van der Waals surface area contributed by atoms with E-state index < -0.39 is 11.5 Å². The summed E-state index contributed by atoms with van der Waals surface area (Å²) in [6.45, 7) is 1.75. The van der Waals surface area contributed by atoms with E-state index in [1.807, 2.05) is 48.5 Å². The molecular formula is C26H23N5O3. The topological polar surface area (TPSA) is 88.4 Å². The van der Waals surface area contributed by atoms with Gasteiger partial charge < -0.3 is 9.80 Å². The molecule has 0 atom stereocenters. The first-order valence-corrected chi connectivity index (χ1v) is 11.1. The Labute approximate surface area is 196 Å². The molecule has 0 radical (unpaired) electrons. The zero-order valence-corrected chi connectivity index (χ0v) is 18.5. The summed E-state index contributed by atoms with van der Waals surface area (Å²) >= 11 is 0. The van der Waals surface area contributed by atoms with Gasteiger partial charge in [-0.15, -0.1) is 0 Å². The standard InChI is InChI=1S/C26H23N5O3/c32-24(20-10-5-2-6-11-20)29-14-16-30(17-15-29)25(33)22-26(34)31(18-19-8-3-1-4-9-19)23-21(28-22)12-7-13-27-23/h1-13H,14-18H2. The molecule has 0 N–H and O–H groups in total. The average molecular weight is 454 g/mol. The average Bonchev–Trinajstić information content (AvgIpc) is 2.90. The van der Waals surface area contributed by atoms with Gasteiger partial charge in [0, 0.05) is 37.9 Å². The Hall–Kier alpha value is -4.33. The Balaban J connectivity index is 1.40. The highest BCUT2D eigenvalue weighted by molar-refractivity contribution is 5.95. The summed E-state index contributed by atoms with van der Waals surface area (Å²) in [7, 11) is 0. The summed E-state index contributed by atoms with van der Waals surface area (Å²) in [4.78, 5) is 51.5. The van der Waals surface area contributed by atoms with Gasteiger partial charge in [-0.05, 0) is 29.8 Å². The molecule has 5 rings (SSSR count). The first kappa shape index (κ1) is 21.5. The van der Waals surface area contributed by atoms with E-state index in [1.165, 1.54) is 4.57 Å². The van der Waals surface area contributed by atoms with Gasteiger partial charge in [-0.3, -0.25) is 19.0 Å². The highest BCUT2D eigenvalue weighted by Crippen LogP contribution is 2.13. The summed E-state index contributed by atoms with van der Waals surface area (Å²) in [6, 6.07) is 22.1. The number of hydrogen-bond donors (Lipinski definition) is 0. The van der Waals surface area contributed by atoms with Crippen LogP contribution in [-0.4, -0.2) is 62.3 Å². The molecule has 8 nitrogen and oxygen atoms in total. The lowest BCUT2D eigenvalue weighted by Gasteiger charge is -2.34. The van der Waals surface area contributed by atoms with Crippen LogP contribution in [0.15, 0.2) is 83.8 Å². The smallest absolute Gasteiger partial charge is 0.284 e. The molecule has 2 aromatic carbocycles. The fourth-order valence-corrected chi connectivity index (χ4v) is 4.15. The van der Waals surface area contributed by atoms with E-state index in [1.54, 1.807) is 40.3 Å². The Morgan fingerprint density at radius 2 is 1.38 bits per heavy atom. The number of rotatable bonds is 4. The van der Waals surface area contributed by atoms with Crippen molar-refractivity contribution >= 4 is 23.0 Å². The molecule has 170 valence electrons. The van der Waals surface area contributed by atoms with Crippen molar-refractivity contribution in [3.63, 3.8) is 0 Å². The zero-order valence-electron chi connectivity index (χ0n) is 18.5. The number of carbonyl (C=O) groups excluding carboxylic acids is 2. The molecule has 1 aliphatic rings. The second kappa shape index (κ2) is 9.27. The summed E-state index contributed by atoms with van der Waals surface area (Å²) in [5.74, 6) is -0.489. The van der Waals surface area contributed by atoms with Crippen molar-refractivity contribution in [2.75, 3.05) is 26.2 Å². The number of amides is 2. The zero-order chi connectivity index (χ0) is 23.5. The van der Waals surface area contributed by atoms with Crippen LogP contribution in [0.4, 0.5) is 0 Å². The van der Waals surface area contributed by atoms with E-state index in [0.717, 1.165) is 5.56 Å². The Morgan fingerprint density at radius 1 is 0.765 bits per heavy atom. The number of benzene rings is 2. The molecule has 0 unspecified atom stereocenters. The molecule has 0 bridgehead atoms. The van der Waals surface area contributed by atoms with Crippen molar-refractivity contribution in [2.45, 2.75) is 6.54 Å². The molecule has 2 amide bonds. The van der Waals surface area contributed by atoms with Crippen LogP contribution in [0, 0.1) is 0 Å². The molecule has 0 aliphatic carbocycles. The van der Waals surface area contributed by atoms with Crippen LogP contribution in [0.25, 0.3) is 11.2 Å². The molecule has 4 aromatic rings. The molecule has 0 saturated carbocycles. The Kier molecular flexibility index (Phi) is 5.86. The van der Waals surface area contributed by atoms with Gasteiger partial charge in [0.15, 0.2) is 11.3 Å². The van der Waals surface area contributed by atoms with Crippen LogP contribution < -0.4 is 5.56 Å². The number of aromatic nitrogens is 3. The number of fused-ring (bicyclic) bond motifs is 1. The van der Waals surface area contributed by atoms with Crippen LogP contribution >= 0.6 is 0 Å². The maximum absolute atomic E-state index is 13.4. The minimum atomic E-state index is -0.470. The largest absolute Gasteiger partial charge is 0.335 e. The van der Waals surface area contributed by atoms with Crippen molar-refractivity contribution in [1.82, 2.24) is 24.3 Å². The highest BCUT2D eigenvalue weighted by Gasteiger charge is 2.28. The highest BCUT2D eigenvalue weighted by atomic mass is 16.2. The molecule has 8 heteroatoms. The number of nitrogens with zero attached hydrogens (tertiary/aromatic N) is 5.